The minimum Gasteiger partial charge on any atom is -0.297 e. The van der Waals surface area contributed by atoms with E-state index in [9.17, 15) is 0 Å². The fourth-order valence-corrected chi connectivity index (χ4v) is 1.86. The molecule has 0 aromatic heterocycles. The highest BCUT2D eigenvalue weighted by Crippen LogP contribution is 2.21. The molecule has 1 heteroatoms. The molecule has 1 fully saturated rings. The molecular weight excluding hydrogens is 158 g/mol. The summed E-state index contributed by atoms with van der Waals surface area (Å²) in [4.78, 5) is 2.56. The summed E-state index contributed by atoms with van der Waals surface area (Å²) in [6.07, 6.45) is 7.47. The summed E-state index contributed by atoms with van der Waals surface area (Å²) in [7, 11) is 0. The van der Waals surface area contributed by atoms with Crippen LogP contribution in [-0.2, 0) is 0 Å². The predicted octanol–water partition coefficient (Wildman–Crippen LogP) is 3.07. The largest absolute Gasteiger partial charge is 0.297 e. The van der Waals surface area contributed by atoms with Crippen LogP contribution >= 0.6 is 0 Å². The lowest BCUT2D eigenvalue weighted by atomic mass is 9.95. The highest BCUT2D eigenvalue weighted by Gasteiger charge is 2.20. The summed E-state index contributed by atoms with van der Waals surface area (Å²) in [6, 6.07) is 0.712. The van der Waals surface area contributed by atoms with Crippen LogP contribution in [0.4, 0.5) is 0 Å². The van der Waals surface area contributed by atoms with Crippen molar-refractivity contribution in [3.05, 3.63) is 12.2 Å². The fourth-order valence-electron chi connectivity index (χ4n) is 1.86. The van der Waals surface area contributed by atoms with Crippen LogP contribution in [0.5, 0.6) is 0 Å². The smallest absolute Gasteiger partial charge is 0.0278 e. The van der Waals surface area contributed by atoms with Crippen molar-refractivity contribution in [1.29, 1.82) is 0 Å². The second kappa shape index (κ2) is 4.28. The third kappa shape index (κ3) is 3.51. The number of allylic oxidation sites excluding steroid dienone is 1. The first-order valence-corrected chi connectivity index (χ1v) is 5.46. The van der Waals surface area contributed by atoms with Crippen LogP contribution in [0.25, 0.3) is 0 Å². The molecule has 1 nitrogen and oxygen atoms in total. The summed E-state index contributed by atoms with van der Waals surface area (Å²) >= 11 is 0. The maximum absolute atomic E-state index is 2.56. The fraction of sp³-hybridized carbons (Fsp3) is 0.833. The minimum atomic E-state index is 0.335. The lowest BCUT2D eigenvalue weighted by Gasteiger charge is -2.21. The average molecular weight is 181 g/mol. The number of rotatable bonds is 2. The Labute approximate surface area is 82.8 Å². The van der Waals surface area contributed by atoms with E-state index in [1.54, 1.807) is 0 Å². The first kappa shape index (κ1) is 10.8. The summed E-state index contributed by atoms with van der Waals surface area (Å²) < 4.78 is 0. The molecule has 13 heavy (non-hydrogen) atoms. The molecule has 0 spiro atoms. The molecule has 0 aromatic rings. The average Bonchev–Trinajstić information content (AvgIpc) is 2.46. The quantitative estimate of drug-likeness (QED) is 0.592. The summed E-state index contributed by atoms with van der Waals surface area (Å²) in [5, 5.41) is 0. The van der Waals surface area contributed by atoms with Gasteiger partial charge in [0.1, 0.15) is 0 Å². The van der Waals surface area contributed by atoms with Crippen molar-refractivity contribution < 1.29 is 0 Å². The van der Waals surface area contributed by atoms with Crippen molar-refractivity contribution in [2.45, 2.75) is 46.6 Å². The standard InChI is InChI=1S/C12H23N/c1-5-13-10-6-7-11(13)8-9-12(2,3)4/h8-9,11H,5-7,10H2,1-4H3/b9-8+. The number of nitrogens with zero attached hydrogens (tertiary/aromatic N) is 1. The van der Waals surface area contributed by atoms with Crippen LogP contribution in [0.2, 0.25) is 0 Å². The highest BCUT2D eigenvalue weighted by atomic mass is 15.2. The third-order valence-electron chi connectivity index (χ3n) is 2.64. The van der Waals surface area contributed by atoms with E-state index in [2.05, 4.69) is 44.7 Å². The van der Waals surface area contributed by atoms with Crippen LogP contribution in [-0.4, -0.2) is 24.0 Å². The van der Waals surface area contributed by atoms with E-state index in [0.29, 0.717) is 11.5 Å². The van der Waals surface area contributed by atoms with Crippen LogP contribution < -0.4 is 0 Å². The van der Waals surface area contributed by atoms with Gasteiger partial charge in [-0.25, -0.2) is 0 Å². The monoisotopic (exact) mass is 181 g/mol. The van der Waals surface area contributed by atoms with Crippen LogP contribution in [0, 0.1) is 5.41 Å². The van der Waals surface area contributed by atoms with Crippen LogP contribution in [0.1, 0.15) is 40.5 Å². The van der Waals surface area contributed by atoms with E-state index >= 15 is 0 Å². The van der Waals surface area contributed by atoms with E-state index in [1.165, 1.54) is 25.9 Å². The van der Waals surface area contributed by atoms with Crippen molar-refractivity contribution in [1.82, 2.24) is 4.90 Å². The second-order valence-electron chi connectivity index (χ2n) is 5.06. The van der Waals surface area contributed by atoms with Crippen molar-refractivity contribution in [3.63, 3.8) is 0 Å². The Hall–Kier alpha value is -0.300. The first-order chi connectivity index (χ1) is 6.03. The molecule has 0 aromatic carbocycles. The molecule has 1 atom stereocenters. The second-order valence-corrected chi connectivity index (χ2v) is 5.06. The molecule has 0 radical (unpaired) electrons. The van der Waals surface area contributed by atoms with Gasteiger partial charge in [-0.3, -0.25) is 4.90 Å². The maximum atomic E-state index is 2.56. The first-order valence-electron chi connectivity index (χ1n) is 5.46. The van der Waals surface area contributed by atoms with Gasteiger partial charge in [0.15, 0.2) is 0 Å². The van der Waals surface area contributed by atoms with Crippen molar-refractivity contribution in [3.8, 4) is 0 Å². The Morgan fingerprint density at radius 1 is 1.38 bits per heavy atom. The van der Waals surface area contributed by atoms with Crippen molar-refractivity contribution >= 4 is 0 Å². The lowest BCUT2D eigenvalue weighted by molar-refractivity contribution is 0.304. The molecule has 1 heterocycles. The Bertz CT molecular complexity index is 176. The molecular formula is C12H23N. The molecule has 1 unspecified atom stereocenters. The molecule has 0 aliphatic carbocycles. The number of hydrogen-bond donors (Lipinski definition) is 0. The SMILES string of the molecule is CCN1CCCC1/C=C/C(C)(C)C. The number of hydrogen-bond acceptors (Lipinski definition) is 1. The summed E-state index contributed by atoms with van der Waals surface area (Å²) in [5.74, 6) is 0. The minimum absolute atomic E-state index is 0.335. The molecule has 0 bridgehead atoms. The molecule has 1 rings (SSSR count). The zero-order valence-corrected chi connectivity index (χ0v) is 9.51. The highest BCUT2D eigenvalue weighted by molar-refractivity contribution is 5.01. The number of likely N-dealkylation sites (tertiary alicyclic amines) is 1. The Morgan fingerprint density at radius 2 is 2.08 bits per heavy atom. The van der Waals surface area contributed by atoms with Gasteiger partial charge < -0.3 is 0 Å². The van der Waals surface area contributed by atoms with Gasteiger partial charge in [0, 0.05) is 6.04 Å². The van der Waals surface area contributed by atoms with Crippen LogP contribution in [0.15, 0.2) is 12.2 Å². The zero-order valence-electron chi connectivity index (χ0n) is 9.51. The Kier molecular flexibility index (Phi) is 3.55. The molecule has 0 amide bonds. The lowest BCUT2D eigenvalue weighted by Crippen LogP contribution is -2.27. The molecule has 0 saturated carbocycles. The van der Waals surface area contributed by atoms with Gasteiger partial charge in [-0.1, -0.05) is 39.8 Å². The molecule has 1 saturated heterocycles. The Balaban J connectivity index is 2.48. The maximum Gasteiger partial charge on any atom is 0.0278 e. The van der Waals surface area contributed by atoms with Gasteiger partial charge in [-0.15, -0.1) is 0 Å². The van der Waals surface area contributed by atoms with E-state index < -0.39 is 0 Å². The molecule has 76 valence electrons. The van der Waals surface area contributed by atoms with E-state index in [0.717, 1.165) is 0 Å². The third-order valence-corrected chi connectivity index (χ3v) is 2.64. The van der Waals surface area contributed by atoms with Gasteiger partial charge in [-0.05, 0) is 31.3 Å². The van der Waals surface area contributed by atoms with E-state index in [-0.39, 0.29) is 0 Å². The normalized spacial score (nSPS) is 26.0. The van der Waals surface area contributed by atoms with Gasteiger partial charge in [0.25, 0.3) is 0 Å². The van der Waals surface area contributed by atoms with Crippen LogP contribution in [0.3, 0.4) is 0 Å². The summed E-state index contributed by atoms with van der Waals surface area (Å²) in [6.45, 7) is 11.5. The van der Waals surface area contributed by atoms with E-state index in [1.807, 2.05) is 0 Å². The Morgan fingerprint density at radius 3 is 2.62 bits per heavy atom. The molecule has 0 N–H and O–H groups in total. The molecule has 1 aliphatic rings. The predicted molar refractivity (Wildman–Crippen MR) is 58.9 cm³/mol. The van der Waals surface area contributed by atoms with Gasteiger partial charge in [0.2, 0.25) is 0 Å². The van der Waals surface area contributed by atoms with Crippen molar-refractivity contribution in [2.75, 3.05) is 13.1 Å². The summed E-state index contributed by atoms with van der Waals surface area (Å²) in [5.41, 5.74) is 0.335. The zero-order chi connectivity index (χ0) is 9.90. The number of likely N-dealkylation sites (N-methyl/N-ethyl adjacent to an activating group) is 1. The van der Waals surface area contributed by atoms with Crippen molar-refractivity contribution in [2.24, 2.45) is 5.41 Å². The van der Waals surface area contributed by atoms with E-state index in [4.69, 9.17) is 0 Å². The van der Waals surface area contributed by atoms with Gasteiger partial charge >= 0.3 is 0 Å². The topological polar surface area (TPSA) is 3.24 Å². The molecule has 1 aliphatic heterocycles. The van der Waals surface area contributed by atoms with Gasteiger partial charge in [0.05, 0.1) is 0 Å². The van der Waals surface area contributed by atoms with Gasteiger partial charge in [-0.2, -0.15) is 0 Å².